The molecule has 1 unspecified atom stereocenters. The summed E-state index contributed by atoms with van der Waals surface area (Å²) in [5.74, 6) is 1.74. The van der Waals surface area contributed by atoms with Crippen molar-refractivity contribution in [3.63, 3.8) is 0 Å². The maximum absolute atomic E-state index is 10.2. The maximum Gasteiger partial charge on any atom is 0.0862 e. The smallest absolute Gasteiger partial charge is 0.0862 e. The minimum Gasteiger partial charge on any atom is -0.390 e. The fourth-order valence-corrected chi connectivity index (χ4v) is 3.77. The van der Waals surface area contributed by atoms with Crippen molar-refractivity contribution in [2.45, 2.75) is 38.3 Å². The van der Waals surface area contributed by atoms with Crippen LogP contribution >= 0.6 is 0 Å². The Morgan fingerprint density at radius 3 is 2.48 bits per heavy atom. The monoisotopic (exact) mass is 293 g/mol. The number of aliphatic hydroxyl groups is 1. The number of rotatable bonds is 5. The van der Waals surface area contributed by atoms with E-state index < -0.39 is 0 Å². The summed E-state index contributed by atoms with van der Waals surface area (Å²) >= 11 is 0. The van der Waals surface area contributed by atoms with Gasteiger partial charge in [0.05, 0.1) is 12.6 Å². The van der Waals surface area contributed by atoms with Gasteiger partial charge in [-0.15, -0.1) is 0 Å². The van der Waals surface area contributed by atoms with Crippen molar-refractivity contribution in [3.8, 4) is 0 Å². The summed E-state index contributed by atoms with van der Waals surface area (Å²) in [6.07, 6.45) is 8.37. The molecule has 3 rings (SSSR count). The number of β-amino-alcohol motifs (C(OH)–C–C–N with tert-alkyl or cyclic N) is 1. The number of nitrogens with zero attached hydrogens (tertiary/aromatic N) is 3. The standard InChI is InChI=1S/C16H27N3O2/c20-16(13-19-7-1-6-17-19)12-18-8-2-14(3-9-18)15-4-10-21-11-5-15/h1,6-7,14-16,20H,2-5,8-13H2. The number of aliphatic hydroxyl groups excluding tert-OH is 1. The summed E-state index contributed by atoms with van der Waals surface area (Å²) in [6.45, 7) is 5.50. The Kier molecular flexibility index (Phi) is 5.27. The highest BCUT2D eigenvalue weighted by atomic mass is 16.5. The summed E-state index contributed by atoms with van der Waals surface area (Å²) in [5, 5.41) is 14.3. The summed E-state index contributed by atoms with van der Waals surface area (Å²) in [5.41, 5.74) is 0. The third-order valence-corrected chi connectivity index (χ3v) is 4.99. The molecule has 0 aromatic carbocycles. The number of likely N-dealkylation sites (tertiary alicyclic amines) is 1. The number of aromatic nitrogens is 2. The van der Waals surface area contributed by atoms with Crippen LogP contribution in [0.1, 0.15) is 25.7 Å². The van der Waals surface area contributed by atoms with Crippen molar-refractivity contribution in [2.24, 2.45) is 11.8 Å². The van der Waals surface area contributed by atoms with Gasteiger partial charge in [-0.3, -0.25) is 4.68 Å². The van der Waals surface area contributed by atoms with E-state index in [9.17, 15) is 5.11 Å². The van der Waals surface area contributed by atoms with E-state index in [0.29, 0.717) is 6.54 Å². The second kappa shape index (κ2) is 7.38. The molecular weight excluding hydrogens is 266 g/mol. The van der Waals surface area contributed by atoms with E-state index >= 15 is 0 Å². The first-order chi connectivity index (χ1) is 10.3. The average molecular weight is 293 g/mol. The molecule has 2 saturated heterocycles. The molecule has 0 amide bonds. The topological polar surface area (TPSA) is 50.5 Å². The van der Waals surface area contributed by atoms with Gasteiger partial charge in [-0.05, 0) is 56.7 Å². The lowest BCUT2D eigenvalue weighted by atomic mass is 9.80. The number of ether oxygens (including phenoxy) is 1. The van der Waals surface area contributed by atoms with Crippen LogP contribution in [0, 0.1) is 11.8 Å². The molecule has 0 bridgehead atoms. The third kappa shape index (κ3) is 4.28. The molecule has 1 aromatic rings. The molecule has 0 saturated carbocycles. The molecule has 21 heavy (non-hydrogen) atoms. The first-order valence-corrected chi connectivity index (χ1v) is 8.27. The zero-order valence-corrected chi connectivity index (χ0v) is 12.7. The molecule has 1 atom stereocenters. The van der Waals surface area contributed by atoms with E-state index in [1.165, 1.54) is 25.7 Å². The molecule has 0 radical (unpaired) electrons. The van der Waals surface area contributed by atoms with E-state index in [1.807, 2.05) is 12.3 Å². The fraction of sp³-hybridized carbons (Fsp3) is 0.812. The molecule has 3 heterocycles. The van der Waals surface area contributed by atoms with Crippen LogP contribution in [0.3, 0.4) is 0 Å². The number of hydrogen-bond donors (Lipinski definition) is 1. The lowest BCUT2D eigenvalue weighted by Crippen LogP contribution is -2.42. The van der Waals surface area contributed by atoms with Crippen LogP contribution in [-0.2, 0) is 11.3 Å². The van der Waals surface area contributed by atoms with Crippen LogP contribution in [0.15, 0.2) is 18.5 Å². The molecule has 0 aliphatic carbocycles. The van der Waals surface area contributed by atoms with E-state index in [-0.39, 0.29) is 6.10 Å². The Morgan fingerprint density at radius 2 is 1.81 bits per heavy atom. The zero-order valence-electron chi connectivity index (χ0n) is 12.7. The predicted octanol–water partition coefficient (Wildman–Crippen LogP) is 1.38. The van der Waals surface area contributed by atoms with Gasteiger partial charge in [0, 0.05) is 32.2 Å². The van der Waals surface area contributed by atoms with Crippen LogP contribution in [-0.4, -0.2) is 58.7 Å². The lowest BCUT2D eigenvalue weighted by molar-refractivity contribution is 0.0220. The summed E-state index contributed by atoms with van der Waals surface area (Å²) in [6, 6.07) is 1.89. The van der Waals surface area contributed by atoms with Gasteiger partial charge in [0.15, 0.2) is 0 Å². The van der Waals surface area contributed by atoms with Crippen LogP contribution in [0.2, 0.25) is 0 Å². The number of hydrogen-bond acceptors (Lipinski definition) is 4. The van der Waals surface area contributed by atoms with Crippen molar-refractivity contribution < 1.29 is 9.84 Å². The van der Waals surface area contributed by atoms with Crippen molar-refractivity contribution in [1.82, 2.24) is 14.7 Å². The van der Waals surface area contributed by atoms with Crippen molar-refractivity contribution in [2.75, 3.05) is 32.8 Å². The van der Waals surface area contributed by atoms with Crippen molar-refractivity contribution in [3.05, 3.63) is 18.5 Å². The molecule has 0 spiro atoms. The first kappa shape index (κ1) is 15.0. The van der Waals surface area contributed by atoms with Crippen LogP contribution in [0.4, 0.5) is 0 Å². The quantitative estimate of drug-likeness (QED) is 0.891. The van der Waals surface area contributed by atoms with Gasteiger partial charge in [-0.2, -0.15) is 5.10 Å². The van der Waals surface area contributed by atoms with E-state index in [2.05, 4.69) is 10.00 Å². The molecular formula is C16H27N3O2. The van der Waals surface area contributed by atoms with Gasteiger partial charge in [-0.25, -0.2) is 0 Å². The summed E-state index contributed by atoms with van der Waals surface area (Å²) in [7, 11) is 0. The first-order valence-electron chi connectivity index (χ1n) is 8.27. The van der Waals surface area contributed by atoms with Crippen LogP contribution < -0.4 is 0 Å². The minimum atomic E-state index is -0.329. The predicted molar refractivity (Wildman–Crippen MR) is 80.9 cm³/mol. The minimum absolute atomic E-state index is 0.329. The number of piperidine rings is 1. The highest BCUT2D eigenvalue weighted by Crippen LogP contribution is 2.31. The van der Waals surface area contributed by atoms with Gasteiger partial charge in [0.1, 0.15) is 0 Å². The normalized spacial score (nSPS) is 24.2. The Hall–Kier alpha value is -0.910. The average Bonchev–Trinajstić information content (AvgIpc) is 3.02. The van der Waals surface area contributed by atoms with E-state index in [4.69, 9.17) is 4.74 Å². The maximum atomic E-state index is 10.2. The Bertz CT molecular complexity index is 396. The van der Waals surface area contributed by atoms with Crippen molar-refractivity contribution >= 4 is 0 Å². The summed E-state index contributed by atoms with van der Waals surface area (Å²) in [4.78, 5) is 2.41. The second-order valence-electron chi connectivity index (χ2n) is 6.47. The molecule has 5 heteroatoms. The SMILES string of the molecule is OC(CN1CCC(C2CCOCC2)CC1)Cn1cccn1. The van der Waals surface area contributed by atoms with Gasteiger partial charge in [-0.1, -0.05) is 0 Å². The van der Waals surface area contributed by atoms with Gasteiger partial charge in [0.25, 0.3) is 0 Å². The largest absolute Gasteiger partial charge is 0.390 e. The molecule has 2 aliphatic heterocycles. The van der Waals surface area contributed by atoms with Crippen molar-refractivity contribution in [1.29, 1.82) is 0 Å². The van der Waals surface area contributed by atoms with E-state index in [0.717, 1.165) is 44.7 Å². The van der Waals surface area contributed by atoms with Crippen LogP contribution in [0.25, 0.3) is 0 Å². The third-order valence-electron chi connectivity index (χ3n) is 4.99. The highest BCUT2D eigenvalue weighted by molar-refractivity contribution is 4.82. The Morgan fingerprint density at radius 1 is 1.10 bits per heavy atom. The molecule has 1 N–H and O–H groups in total. The molecule has 2 aliphatic rings. The van der Waals surface area contributed by atoms with E-state index in [1.54, 1.807) is 10.9 Å². The van der Waals surface area contributed by atoms with Gasteiger partial charge < -0.3 is 14.7 Å². The lowest BCUT2D eigenvalue weighted by Gasteiger charge is -2.38. The molecule has 5 nitrogen and oxygen atoms in total. The van der Waals surface area contributed by atoms with Gasteiger partial charge in [0.2, 0.25) is 0 Å². The molecule has 1 aromatic heterocycles. The molecule has 118 valence electrons. The zero-order chi connectivity index (χ0) is 14.5. The fourth-order valence-electron chi connectivity index (χ4n) is 3.77. The highest BCUT2D eigenvalue weighted by Gasteiger charge is 2.28. The second-order valence-corrected chi connectivity index (χ2v) is 6.47. The molecule has 2 fully saturated rings. The summed E-state index contributed by atoms with van der Waals surface area (Å²) < 4.78 is 7.27. The van der Waals surface area contributed by atoms with Gasteiger partial charge >= 0.3 is 0 Å². The van der Waals surface area contributed by atoms with Crippen LogP contribution in [0.5, 0.6) is 0 Å². The Labute approximate surface area is 126 Å². The Balaban J connectivity index is 1.39.